The molecular formula is C12H10BrF. The van der Waals surface area contributed by atoms with E-state index in [-0.39, 0.29) is 0 Å². The smallest absolute Gasteiger partial charge is 0.158 e. The Hall–Kier alpha value is -0.890. The number of hydrogen-bond acceptors (Lipinski definition) is 0. The summed E-state index contributed by atoms with van der Waals surface area (Å²) in [6, 6.07) is 14.1. The van der Waals surface area contributed by atoms with E-state index in [1.165, 1.54) is 5.39 Å². The van der Waals surface area contributed by atoms with Gasteiger partial charge in [-0.15, -0.1) is 0 Å². The highest BCUT2D eigenvalue weighted by molar-refractivity contribution is 9.09. The Bertz CT molecular complexity index is 437. The first kappa shape index (κ1) is 9.66. The molecule has 0 spiro atoms. The van der Waals surface area contributed by atoms with Crippen LogP contribution in [0.5, 0.6) is 0 Å². The lowest BCUT2D eigenvalue weighted by Gasteiger charge is -2.03. The lowest BCUT2D eigenvalue weighted by molar-refractivity contribution is 0.460. The van der Waals surface area contributed by atoms with Crippen LogP contribution >= 0.6 is 15.9 Å². The van der Waals surface area contributed by atoms with Crippen molar-refractivity contribution < 1.29 is 4.39 Å². The van der Waals surface area contributed by atoms with Gasteiger partial charge in [0.1, 0.15) is 0 Å². The summed E-state index contributed by atoms with van der Waals surface area (Å²) in [6.07, 6.45) is 0.421. The van der Waals surface area contributed by atoms with Crippen LogP contribution in [-0.4, -0.2) is 5.08 Å². The number of fused-ring (bicyclic) bond motifs is 1. The summed E-state index contributed by atoms with van der Waals surface area (Å²) in [5.41, 5.74) is 1.02. The minimum atomic E-state index is -0.955. The van der Waals surface area contributed by atoms with Gasteiger partial charge >= 0.3 is 0 Å². The molecule has 0 aliphatic carbocycles. The molecule has 0 amide bonds. The molecule has 0 unspecified atom stereocenters. The lowest BCUT2D eigenvalue weighted by Crippen LogP contribution is -1.94. The van der Waals surface area contributed by atoms with Crippen LogP contribution in [0.2, 0.25) is 0 Å². The molecule has 0 saturated heterocycles. The molecular weight excluding hydrogens is 243 g/mol. The van der Waals surface area contributed by atoms with Crippen LogP contribution in [0.25, 0.3) is 10.8 Å². The van der Waals surface area contributed by atoms with E-state index in [2.05, 4.69) is 22.0 Å². The SMILES string of the molecule is F[C@H](Br)Cc1ccc2ccccc2c1. The minimum absolute atomic E-state index is 0.421. The van der Waals surface area contributed by atoms with E-state index in [4.69, 9.17) is 0 Å². The molecule has 0 aliphatic rings. The van der Waals surface area contributed by atoms with Crippen LogP contribution in [0, 0.1) is 0 Å². The van der Waals surface area contributed by atoms with E-state index in [0.29, 0.717) is 6.42 Å². The van der Waals surface area contributed by atoms with Crippen LogP contribution in [0.1, 0.15) is 5.56 Å². The monoisotopic (exact) mass is 252 g/mol. The van der Waals surface area contributed by atoms with Crippen molar-refractivity contribution >= 4 is 26.7 Å². The van der Waals surface area contributed by atoms with E-state index in [1.54, 1.807) is 0 Å². The van der Waals surface area contributed by atoms with Crippen LogP contribution in [0.4, 0.5) is 4.39 Å². The Kier molecular flexibility index (Phi) is 2.82. The zero-order valence-corrected chi connectivity index (χ0v) is 9.17. The predicted molar refractivity (Wildman–Crippen MR) is 61.5 cm³/mol. The van der Waals surface area contributed by atoms with Gasteiger partial charge in [0.2, 0.25) is 0 Å². The van der Waals surface area contributed by atoms with Crippen molar-refractivity contribution in [1.82, 2.24) is 0 Å². The second-order valence-electron chi connectivity index (χ2n) is 3.28. The average Bonchev–Trinajstić information content (AvgIpc) is 2.17. The van der Waals surface area contributed by atoms with Gasteiger partial charge in [-0.2, -0.15) is 0 Å². The lowest BCUT2D eigenvalue weighted by atomic mass is 10.1. The molecule has 2 aromatic rings. The molecule has 0 bridgehead atoms. The average molecular weight is 253 g/mol. The standard InChI is InChI=1S/C12H10BrF/c13-12(14)8-9-5-6-10-3-1-2-4-11(10)7-9/h1-7,12H,8H2/t12-/m0/s1. The molecule has 2 heteroatoms. The Balaban J connectivity index is 2.41. The highest BCUT2D eigenvalue weighted by Crippen LogP contribution is 2.18. The van der Waals surface area contributed by atoms with E-state index < -0.39 is 5.08 Å². The van der Waals surface area contributed by atoms with Gasteiger partial charge in [0.15, 0.2) is 5.08 Å². The molecule has 1 atom stereocenters. The van der Waals surface area contributed by atoms with Crippen molar-refractivity contribution in [2.45, 2.75) is 11.5 Å². The van der Waals surface area contributed by atoms with E-state index in [1.807, 2.05) is 36.4 Å². The Morgan fingerprint density at radius 3 is 2.50 bits per heavy atom. The minimum Gasteiger partial charge on any atom is -0.235 e. The summed E-state index contributed by atoms with van der Waals surface area (Å²) in [7, 11) is 0. The van der Waals surface area contributed by atoms with Gasteiger partial charge in [0, 0.05) is 6.42 Å². The van der Waals surface area contributed by atoms with Crippen molar-refractivity contribution in [3.63, 3.8) is 0 Å². The van der Waals surface area contributed by atoms with Gasteiger partial charge in [-0.25, -0.2) is 4.39 Å². The Morgan fingerprint density at radius 2 is 1.79 bits per heavy atom. The van der Waals surface area contributed by atoms with Gasteiger partial charge in [0.05, 0.1) is 0 Å². The van der Waals surface area contributed by atoms with Gasteiger partial charge in [-0.3, -0.25) is 0 Å². The van der Waals surface area contributed by atoms with E-state index in [9.17, 15) is 4.39 Å². The highest BCUT2D eigenvalue weighted by Gasteiger charge is 2.02. The Morgan fingerprint density at radius 1 is 1.07 bits per heavy atom. The number of rotatable bonds is 2. The molecule has 0 aromatic heterocycles. The fraction of sp³-hybridized carbons (Fsp3) is 0.167. The summed E-state index contributed by atoms with van der Waals surface area (Å²) in [6.45, 7) is 0. The third-order valence-corrected chi connectivity index (χ3v) is 2.53. The Labute approximate surface area is 90.9 Å². The molecule has 0 N–H and O–H groups in total. The van der Waals surface area contributed by atoms with E-state index >= 15 is 0 Å². The number of hydrogen-bond donors (Lipinski definition) is 0. The number of halogens is 2. The van der Waals surface area contributed by atoms with Gasteiger partial charge < -0.3 is 0 Å². The molecule has 0 fully saturated rings. The molecule has 0 radical (unpaired) electrons. The number of alkyl halides is 2. The third kappa shape index (κ3) is 2.13. The maximum Gasteiger partial charge on any atom is 0.158 e. The number of benzene rings is 2. The second kappa shape index (κ2) is 4.09. The van der Waals surface area contributed by atoms with Gasteiger partial charge in [-0.05, 0) is 16.3 Å². The first-order chi connectivity index (χ1) is 6.75. The van der Waals surface area contributed by atoms with Crippen LogP contribution in [0.15, 0.2) is 42.5 Å². The molecule has 0 aliphatic heterocycles. The quantitative estimate of drug-likeness (QED) is 0.707. The van der Waals surface area contributed by atoms with Crippen LogP contribution in [-0.2, 0) is 6.42 Å². The van der Waals surface area contributed by atoms with Gasteiger partial charge in [0.25, 0.3) is 0 Å². The third-order valence-electron chi connectivity index (χ3n) is 2.20. The molecule has 72 valence electrons. The highest BCUT2D eigenvalue weighted by atomic mass is 79.9. The molecule has 0 saturated carbocycles. The zero-order valence-electron chi connectivity index (χ0n) is 7.58. The first-order valence-electron chi connectivity index (χ1n) is 4.51. The maximum atomic E-state index is 12.7. The van der Waals surface area contributed by atoms with Crippen molar-refractivity contribution in [2.75, 3.05) is 0 Å². The summed E-state index contributed by atoms with van der Waals surface area (Å²) in [5.74, 6) is 0. The molecule has 0 nitrogen and oxygen atoms in total. The predicted octanol–water partition coefficient (Wildman–Crippen LogP) is 4.07. The van der Waals surface area contributed by atoms with Crippen LogP contribution in [0.3, 0.4) is 0 Å². The van der Waals surface area contributed by atoms with Crippen molar-refractivity contribution in [3.05, 3.63) is 48.0 Å². The fourth-order valence-electron chi connectivity index (χ4n) is 1.54. The largest absolute Gasteiger partial charge is 0.235 e. The summed E-state index contributed by atoms with van der Waals surface area (Å²) in [4.78, 5) is 0. The molecule has 14 heavy (non-hydrogen) atoms. The van der Waals surface area contributed by atoms with Crippen LogP contribution < -0.4 is 0 Å². The second-order valence-corrected chi connectivity index (χ2v) is 4.27. The maximum absolute atomic E-state index is 12.7. The molecule has 2 aromatic carbocycles. The molecule has 2 rings (SSSR count). The topological polar surface area (TPSA) is 0 Å². The zero-order chi connectivity index (χ0) is 9.97. The van der Waals surface area contributed by atoms with E-state index in [0.717, 1.165) is 10.9 Å². The fourth-order valence-corrected chi connectivity index (χ4v) is 1.92. The van der Waals surface area contributed by atoms with Crippen molar-refractivity contribution in [2.24, 2.45) is 0 Å². The molecule has 0 heterocycles. The first-order valence-corrected chi connectivity index (χ1v) is 5.43. The summed E-state index contributed by atoms with van der Waals surface area (Å²) < 4.78 is 12.7. The summed E-state index contributed by atoms with van der Waals surface area (Å²) >= 11 is 2.91. The normalized spacial score (nSPS) is 13.0. The summed E-state index contributed by atoms with van der Waals surface area (Å²) in [5, 5.41) is 1.41. The van der Waals surface area contributed by atoms with Crippen molar-refractivity contribution in [3.8, 4) is 0 Å². The van der Waals surface area contributed by atoms with Crippen molar-refractivity contribution in [1.29, 1.82) is 0 Å². The van der Waals surface area contributed by atoms with Gasteiger partial charge in [-0.1, -0.05) is 58.4 Å².